The van der Waals surface area contributed by atoms with Gasteiger partial charge in [0.15, 0.2) is 6.04 Å². The van der Waals surface area contributed by atoms with E-state index in [0.29, 0.717) is 19.8 Å². The van der Waals surface area contributed by atoms with Gasteiger partial charge in [0, 0.05) is 19.0 Å². The number of carbonyl (C=O) groups is 1. The van der Waals surface area contributed by atoms with Crippen LogP contribution >= 0.6 is 0 Å². The summed E-state index contributed by atoms with van der Waals surface area (Å²) in [5, 5.41) is 0. The monoisotopic (exact) mass is 206 g/mol. The molecule has 6 heteroatoms. The van der Waals surface area contributed by atoms with Crippen LogP contribution in [0.25, 0.3) is 0 Å². The molecule has 0 amide bonds. The Hall–Kier alpha value is -0.590. The molecular weight excluding hydrogens is 192 g/mol. The van der Waals surface area contributed by atoms with Crippen LogP contribution in [-0.4, -0.2) is 38.4 Å². The first kappa shape index (κ1) is 12.4. The molecule has 0 spiro atoms. The number of nitrogens with zero attached hydrogens (tertiary/aromatic N) is 1. The summed E-state index contributed by atoms with van der Waals surface area (Å²) in [6.45, 7) is 3.08. The highest BCUT2D eigenvalue weighted by Crippen LogP contribution is 1.92. The van der Waals surface area contributed by atoms with E-state index in [0.717, 1.165) is 0 Å². The third-order valence-electron chi connectivity index (χ3n) is 1.23. The maximum atomic E-state index is 10.9. The summed E-state index contributed by atoms with van der Waals surface area (Å²) >= 11 is 4.35. The first-order valence-corrected chi connectivity index (χ1v) is 4.35. The van der Waals surface area contributed by atoms with Gasteiger partial charge in [0.2, 0.25) is 0 Å². The van der Waals surface area contributed by atoms with Crippen molar-refractivity contribution in [3.8, 4) is 0 Å². The molecule has 76 valence electrons. The lowest BCUT2D eigenvalue weighted by Crippen LogP contribution is -2.20. The van der Waals surface area contributed by atoms with Gasteiger partial charge in [0.1, 0.15) is 6.61 Å². The lowest BCUT2D eigenvalue weighted by atomic mass is 10.4. The summed E-state index contributed by atoms with van der Waals surface area (Å²) in [5.74, 6) is -0.425. The molecule has 0 aromatic carbocycles. The summed E-state index contributed by atoms with van der Waals surface area (Å²) in [6, 6.07) is -0.579. The Bertz CT molecular complexity index is 166. The summed E-state index contributed by atoms with van der Waals surface area (Å²) in [5.41, 5.74) is 5.18. The average Bonchev–Trinajstić information content (AvgIpc) is 2.16. The van der Waals surface area contributed by atoms with Gasteiger partial charge in [-0.05, 0) is 6.92 Å². The molecule has 0 radical (unpaired) electrons. The standard InChI is InChI=1S/C7H14N2O3S/c1-6(9-13)7(10)12-5-4-11-3-2-8/h6H,2-5,8H2,1H3/t6-/m0/s1. The molecule has 0 saturated carbocycles. The molecule has 0 aliphatic carbocycles. The molecule has 5 nitrogen and oxygen atoms in total. The zero-order valence-corrected chi connectivity index (χ0v) is 8.38. The molecule has 0 fully saturated rings. The van der Waals surface area contributed by atoms with Crippen molar-refractivity contribution in [2.24, 2.45) is 10.1 Å². The van der Waals surface area contributed by atoms with Crippen LogP contribution in [0.2, 0.25) is 0 Å². The van der Waals surface area contributed by atoms with Crippen molar-refractivity contribution in [3.05, 3.63) is 0 Å². The van der Waals surface area contributed by atoms with Crippen molar-refractivity contribution < 1.29 is 14.3 Å². The Balaban J connectivity index is 3.32. The van der Waals surface area contributed by atoms with E-state index in [-0.39, 0.29) is 6.61 Å². The first-order valence-electron chi connectivity index (χ1n) is 3.99. The number of esters is 1. The Kier molecular flexibility index (Phi) is 7.66. The molecule has 2 N–H and O–H groups in total. The fraction of sp³-hybridized carbons (Fsp3) is 0.857. The maximum absolute atomic E-state index is 10.9. The van der Waals surface area contributed by atoms with Gasteiger partial charge in [0.05, 0.1) is 13.2 Å². The summed E-state index contributed by atoms with van der Waals surface area (Å²) in [4.78, 5) is 10.9. The van der Waals surface area contributed by atoms with Crippen LogP contribution < -0.4 is 5.73 Å². The molecule has 0 heterocycles. The van der Waals surface area contributed by atoms with Crippen LogP contribution in [0.3, 0.4) is 0 Å². The molecule has 0 aliphatic rings. The highest BCUT2D eigenvalue weighted by molar-refractivity contribution is 7.47. The third-order valence-corrected chi connectivity index (χ3v) is 1.55. The second-order valence-corrected chi connectivity index (χ2v) is 2.56. The molecule has 0 aromatic heterocycles. The second-order valence-electron chi connectivity index (χ2n) is 2.35. The number of ether oxygens (including phenoxy) is 2. The maximum Gasteiger partial charge on any atom is 0.331 e. The third kappa shape index (κ3) is 6.56. The predicted octanol–water partition coefficient (Wildman–Crippen LogP) is -0.376. The van der Waals surface area contributed by atoms with Crippen molar-refractivity contribution in [2.45, 2.75) is 13.0 Å². The number of rotatable bonds is 7. The van der Waals surface area contributed by atoms with E-state index in [2.05, 4.69) is 16.8 Å². The molecular formula is C7H14N2O3S. The van der Waals surface area contributed by atoms with Crippen LogP contribution in [-0.2, 0) is 26.7 Å². The minimum atomic E-state index is -0.579. The molecule has 13 heavy (non-hydrogen) atoms. The SMILES string of the molecule is C[C@H](N=S)C(=O)OCCOCCN. The van der Waals surface area contributed by atoms with E-state index in [1.54, 1.807) is 6.92 Å². The largest absolute Gasteiger partial charge is 0.462 e. The van der Waals surface area contributed by atoms with Crippen LogP contribution in [0.1, 0.15) is 6.92 Å². The highest BCUT2D eigenvalue weighted by atomic mass is 32.1. The fourth-order valence-electron chi connectivity index (χ4n) is 0.550. The summed E-state index contributed by atoms with van der Waals surface area (Å²) < 4.78 is 13.1. The van der Waals surface area contributed by atoms with Crippen molar-refractivity contribution >= 4 is 18.4 Å². The summed E-state index contributed by atoms with van der Waals surface area (Å²) in [7, 11) is 0. The smallest absolute Gasteiger partial charge is 0.331 e. The average molecular weight is 206 g/mol. The Labute approximate surface area is 82.7 Å². The quantitative estimate of drug-likeness (QED) is 0.454. The van der Waals surface area contributed by atoms with Gasteiger partial charge in [-0.2, -0.15) is 0 Å². The van der Waals surface area contributed by atoms with Crippen LogP contribution in [0, 0.1) is 0 Å². The topological polar surface area (TPSA) is 73.9 Å². The van der Waals surface area contributed by atoms with Gasteiger partial charge in [-0.15, -0.1) is 0 Å². The van der Waals surface area contributed by atoms with Gasteiger partial charge in [-0.25, -0.2) is 9.16 Å². The van der Waals surface area contributed by atoms with Gasteiger partial charge in [-0.3, -0.25) is 0 Å². The number of hydrogen-bond acceptors (Lipinski definition) is 6. The van der Waals surface area contributed by atoms with Crippen molar-refractivity contribution in [1.29, 1.82) is 0 Å². The predicted molar refractivity (Wildman–Crippen MR) is 50.1 cm³/mol. The molecule has 0 unspecified atom stereocenters. The molecule has 0 aliphatic heterocycles. The Morgan fingerprint density at radius 1 is 1.54 bits per heavy atom. The summed E-state index contributed by atoms with van der Waals surface area (Å²) in [6.07, 6.45) is 0. The van der Waals surface area contributed by atoms with E-state index in [1.165, 1.54) is 0 Å². The minimum absolute atomic E-state index is 0.216. The molecule has 0 saturated heterocycles. The van der Waals surface area contributed by atoms with Gasteiger partial charge < -0.3 is 15.2 Å². The van der Waals surface area contributed by atoms with Gasteiger partial charge >= 0.3 is 5.97 Å². The van der Waals surface area contributed by atoms with E-state index >= 15 is 0 Å². The first-order chi connectivity index (χ1) is 6.22. The van der Waals surface area contributed by atoms with Crippen molar-refractivity contribution in [1.82, 2.24) is 0 Å². The minimum Gasteiger partial charge on any atom is -0.462 e. The lowest BCUT2D eigenvalue weighted by Gasteiger charge is -2.06. The lowest BCUT2D eigenvalue weighted by molar-refractivity contribution is -0.146. The number of nitrogens with two attached hydrogens (primary N) is 1. The second kappa shape index (κ2) is 8.03. The van der Waals surface area contributed by atoms with Crippen LogP contribution in [0.4, 0.5) is 0 Å². The van der Waals surface area contributed by atoms with Crippen LogP contribution in [0.5, 0.6) is 0 Å². The Morgan fingerprint density at radius 2 is 2.23 bits per heavy atom. The zero-order valence-electron chi connectivity index (χ0n) is 7.56. The normalized spacial score (nSPS) is 12.2. The highest BCUT2D eigenvalue weighted by Gasteiger charge is 2.11. The molecule has 0 rings (SSSR count). The number of hydrogen-bond donors (Lipinski definition) is 1. The molecule has 1 atom stereocenters. The molecule has 0 aromatic rings. The van der Waals surface area contributed by atoms with Crippen molar-refractivity contribution in [3.63, 3.8) is 0 Å². The van der Waals surface area contributed by atoms with Crippen LogP contribution in [0.15, 0.2) is 4.36 Å². The Morgan fingerprint density at radius 3 is 2.77 bits per heavy atom. The van der Waals surface area contributed by atoms with E-state index in [1.807, 2.05) is 0 Å². The van der Waals surface area contributed by atoms with E-state index in [9.17, 15) is 4.79 Å². The zero-order chi connectivity index (χ0) is 10.1. The van der Waals surface area contributed by atoms with E-state index in [4.69, 9.17) is 15.2 Å². The van der Waals surface area contributed by atoms with Gasteiger partial charge in [0.25, 0.3) is 0 Å². The fourth-order valence-corrected chi connectivity index (χ4v) is 0.636. The van der Waals surface area contributed by atoms with Gasteiger partial charge in [-0.1, -0.05) is 0 Å². The number of carbonyl (C=O) groups excluding carboxylic acids is 1. The molecule has 0 bridgehead atoms. The van der Waals surface area contributed by atoms with E-state index < -0.39 is 12.0 Å². The van der Waals surface area contributed by atoms with Crippen molar-refractivity contribution in [2.75, 3.05) is 26.4 Å².